The molecule has 1 aromatic heterocycles. The molecule has 2 aromatic rings. The maximum Gasteiger partial charge on any atom is 0.277 e. The van der Waals surface area contributed by atoms with E-state index >= 15 is 0 Å². The summed E-state index contributed by atoms with van der Waals surface area (Å²) in [6, 6.07) is 13.0. The zero-order valence-corrected chi connectivity index (χ0v) is 14.7. The van der Waals surface area contributed by atoms with E-state index in [0.717, 1.165) is 30.5 Å². The van der Waals surface area contributed by atoms with Crippen molar-refractivity contribution < 1.29 is 9.59 Å². The Morgan fingerprint density at radius 1 is 1.16 bits per heavy atom. The van der Waals surface area contributed by atoms with Gasteiger partial charge >= 0.3 is 0 Å². The summed E-state index contributed by atoms with van der Waals surface area (Å²) in [7, 11) is 0. The van der Waals surface area contributed by atoms with Gasteiger partial charge in [-0.15, -0.1) is 0 Å². The summed E-state index contributed by atoms with van der Waals surface area (Å²) in [6.07, 6.45) is 2.77. The Balaban J connectivity index is 1.81. The third kappa shape index (κ3) is 3.55. The monoisotopic (exact) mass is 337 g/mol. The minimum atomic E-state index is -0.238. The number of pyridine rings is 1. The lowest BCUT2D eigenvalue weighted by molar-refractivity contribution is 0.0947. The molecule has 0 saturated carbocycles. The average molecular weight is 337 g/mol. The molecule has 5 nitrogen and oxygen atoms in total. The van der Waals surface area contributed by atoms with Crippen molar-refractivity contribution in [3.8, 4) is 0 Å². The largest absolute Gasteiger partial charge is 0.351 e. The minimum absolute atomic E-state index is 0.0775. The molecule has 25 heavy (non-hydrogen) atoms. The molecule has 5 heteroatoms. The van der Waals surface area contributed by atoms with Crippen LogP contribution in [0, 0.1) is 0 Å². The van der Waals surface area contributed by atoms with Gasteiger partial charge in [-0.25, -0.2) is 4.98 Å². The number of fused-ring (bicyclic) bond motifs is 1. The SMILES string of the molecule is CCCCNC(=O)c1cccc(C(=O)N2c3ccccc3CC2C)n1. The number of anilines is 1. The summed E-state index contributed by atoms with van der Waals surface area (Å²) < 4.78 is 0. The highest BCUT2D eigenvalue weighted by atomic mass is 16.2. The molecule has 130 valence electrons. The van der Waals surface area contributed by atoms with Gasteiger partial charge in [-0.05, 0) is 43.5 Å². The summed E-state index contributed by atoms with van der Waals surface area (Å²) in [5.41, 5.74) is 2.67. The molecule has 0 bridgehead atoms. The van der Waals surface area contributed by atoms with Crippen molar-refractivity contribution in [2.24, 2.45) is 0 Å². The Kier molecular flexibility index (Phi) is 5.12. The summed E-state index contributed by atoms with van der Waals surface area (Å²) in [5, 5.41) is 2.83. The number of rotatable bonds is 5. The number of amides is 2. The van der Waals surface area contributed by atoms with Crippen LogP contribution in [0.3, 0.4) is 0 Å². The predicted octanol–water partition coefficient (Wildman–Crippen LogP) is 3.20. The summed E-state index contributed by atoms with van der Waals surface area (Å²) in [6.45, 7) is 4.71. The second-order valence-electron chi connectivity index (χ2n) is 6.37. The van der Waals surface area contributed by atoms with E-state index in [1.807, 2.05) is 31.2 Å². The lowest BCUT2D eigenvalue weighted by Gasteiger charge is -2.22. The van der Waals surface area contributed by atoms with Crippen LogP contribution >= 0.6 is 0 Å². The van der Waals surface area contributed by atoms with Gasteiger partial charge in [0.15, 0.2) is 0 Å². The molecule has 1 aliphatic rings. The molecule has 2 heterocycles. The van der Waals surface area contributed by atoms with E-state index in [2.05, 4.69) is 17.2 Å². The van der Waals surface area contributed by atoms with Crippen molar-refractivity contribution in [2.45, 2.75) is 39.2 Å². The smallest absolute Gasteiger partial charge is 0.277 e. The molecule has 0 fully saturated rings. The molecule has 2 amide bonds. The van der Waals surface area contributed by atoms with E-state index in [4.69, 9.17) is 0 Å². The van der Waals surface area contributed by atoms with Crippen molar-refractivity contribution in [3.63, 3.8) is 0 Å². The van der Waals surface area contributed by atoms with Crippen LogP contribution in [-0.2, 0) is 6.42 Å². The topological polar surface area (TPSA) is 62.3 Å². The van der Waals surface area contributed by atoms with E-state index in [0.29, 0.717) is 12.2 Å². The van der Waals surface area contributed by atoms with Crippen LogP contribution in [0.2, 0.25) is 0 Å². The van der Waals surface area contributed by atoms with Crippen molar-refractivity contribution in [1.29, 1.82) is 0 Å². The summed E-state index contributed by atoms with van der Waals surface area (Å²) >= 11 is 0. The zero-order chi connectivity index (χ0) is 17.8. The van der Waals surface area contributed by atoms with Gasteiger partial charge in [-0.1, -0.05) is 37.6 Å². The maximum atomic E-state index is 13.0. The first-order valence-electron chi connectivity index (χ1n) is 8.78. The second kappa shape index (κ2) is 7.47. The highest BCUT2D eigenvalue weighted by Crippen LogP contribution is 2.32. The number of para-hydroxylation sites is 1. The normalized spacial score (nSPS) is 15.8. The van der Waals surface area contributed by atoms with Gasteiger partial charge in [0.25, 0.3) is 11.8 Å². The summed E-state index contributed by atoms with van der Waals surface area (Å²) in [4.78, 5) is 31.2. The maximum absolute atomic E-state index is 13.0. The van der Waals surface area contributed by atoms with Gasteiger partial charge in [0.2, 0.25) is 0 Å². The number of aromatic nitrogens is 1. The van der Waals surface area contributed by atoms with Crippen LogP contribution in [0.25, 0.3) is 0 Å². The Hall–Kier alpha value is -2.69. The van der Waals surface area contributed by atoms with Crippen LogP contribution < -0.4 is 10.2 Å². The first-order valence-corrected chi connectivity index (χ1v) is 8.78. The second-order valence-corrected chi connectivity index (χ2v) is 6.37. The Morgan fingerprint density at radius 3 is 2.72 bits per heavy atom. The zero-order valence-electron chi connectivity index (χ0n) is 14.7. The minimum Gasteiger partial charge on any atom is -0.351 e. The molecular weight excluding hydrogens is 314 g/mol. The van der Waals surface area contributed by atoms with Gasteiger partial charge < -0.3 is 10.2 Å². The predicted molar refractivity (Wildman–Crippen MR) is 97.9 cm³/mol. The Bertz CT molecular complexity index is 788. The van der Waals surface area contributed by atoms with Gasteiger partial charge in [0, 0.05) is 18.3 Å². The molecule has 1 aliphatic heterocycles. The van der Waals surface area contributed by atoms with Crippen LogP contribution in [-0.4, -0.2) is 29.4 Å². The number of carbonyl (C=O) groups excluding carboxylic acids is 2. The van der Waals surface area contributed by atoms with Crippen LogP contribution in [0.4, 0.5) is 5.69 Å². The fourth-order valence-electron chi connectivity index (χ4n) is 3.15. The number of unbranched alkanes of at least 4 members (excludes halogenated alkanes) is 1. The van der Waals surface area contributed by atoms with Crippen molar-refractivity contribution in [2.75, 3.05) is 11.4 Å². The van der Waals surface area contributed by atoms with E-state index < -0.39 is 0 Å². The van der Waals surface area contributed by atoms with Crippen LogP contribution in [0.15, 0.2) is 42.5 Å². The van der Waals surface area contributed by atoms with Crippen molar-refractivity contribution in [3.05, 3.63) is 59.4 Å². The van der Waals surface area contributed by atoms with E-state index in [-0.39, 0.29) is 23.6 Å². The third-order valence-corrected chi connectivity index (χ3v) is 4.44. The van der Waals surface area contributed by atoms with Crippen LogP contribution in [0.5, 0.6) is 0 Å². The highest BCUT2D eigenvalue weighted by molar-refractivity contribution is 6.07. The Morgan fingerprint density at radius 2 is 1.92 bits per heavy atom. The number of nitrogens with zero attached hydrogens (tertiary/aromatic N) is 2. The van der Waals surface area contributed by atoms with Crippen molar-refractivity contribution in [1.82, 2.24) is 10.3 Å². The molecule has 1 N–H and O–H groups in total. The molecule has 0 spiro atoms. The molecular formula is C20H23N3O2. The van der Waals surface area contributed by atoms with Gasteiger partial charge in [0.05, 0.1) is 0 Å². The molecule has 0 radical (unpaired) electrons. The fourth-order valence-corrected chi connectivity index (χ4v) is 3.15. The highest BCUT2D eigenvalue weighted by Gasteiger charge is 2.32. The first kappa shape index (κ1) is 17.1. The number of hydrogen-bond acceptors (Lipinski definition) is 3. The number of nitrogens with one attached hydrogen (secondary N) is 1. The van der Waals surface area contributed by atoms with E-state index in [1.165, 1.54) is 0 Å². The first-order chi connectivity index (χ1) is 12.1. The molecule has 3 rings (SSSR count). The molecule has 1 aromatic carbocycles. The Labute approximate surface area is 148 Å². The van der Waals surface area contributed by atoms with E-state index in [9.17, 15) is 9.59 Å². The number of carbonyl (C=O) groups is 2. The lowest BCUT2D eigenvalue weighted by Crippen LogP contribution is -2.36. The van der Waals surface area contributed by atoms with Gasteiger partial charge in [-0.2, -0.15) is 0 Å². The molecule has 1 atom stereocenters. The van der Waals surface area contributed by atoms with E-state index in [1.54, 1.807) is 23.1 Å². The number of hydrogen-bond donors (Lipinski definition) is 1. The van der Waals surface area contributed by atoms with Gasteiger partial charge in [-0.3, -0.25) is 9.59 Å². The molecule has 1 unspecified atom stereocenters. The lowest BCUT2D eigenvalue weighted by atomic mass is 10.1. The fraction of sp³-hybridized carbons (Fsp3) is 0.350. The third-order valence-electron chi connectivity index (χ3n) is 4.44. The van der Waals surface area contributed by atoms with Crippen molar-refractivity contribution >= 4 is 17.5 Å². The average Bonchev–Trinajstić information content (AvgIpc) is 2.97. The van der Waals surface area contributed by atoms with Gasteiger partial charge in [0.1, 0.15) is 11.4 Å². The number of benzene rings is 1. The van der Waals surface area contributed by atoms with Crippen LogP contribution in [0.1, 0.15) is 53.2 Å². The quantitative estimate of drug-likeness (QED) is 0.852. The standard InChI is InChI=1S/C20H23N3O2/c1-3-4-12-21-19(24)16-9-7-10-17(22-16)20(25)23-14(2)13-15-8-5-6-11-18(15)23/h5-11,14H,3-4,12-13H2,1-2H3,(H,21,24). The molecule has 0 saturated heterocycles. The summed E-state index contributed by atoms with van der Waals surface area (Å²) in [5.74, 6) is -0.404. The molecule has 0 aliphatic carbocycles.